The average Bonchev–Trinajstić information content (AvgIpc) is 3.04. The summed E-state index contributed by atoms with van der Waals surface area (Å²) in [5.41, 5.74) is 0.119. The van der Waals surface area contributed by atoms with E-state index in [4.69, 9.17) is 4.74 Å². The highest BCUT2D eigenvalue weighted by atomic mass is 32.1. The van der Waals surface area contributed by atoms with Crippen LogP contribution in [0.5, 0.6) is 0 Å². The molecule has 1 heterocycles. The molecule has 0 saturated carbocycles. The van der Waals surface area contributed by atoms with Gasteiger partial charge in [-0.25, -0.2) is 4.79 Å². The zero-order valence-electron chi connectivity index (χ0n) is 11.8. The molecular weight excluding hydrogens is 320 g/mol. The van der Waals surface area contributed by atoms with Crippen molar-refractivity contribution in [2.24, 2.45) is 0 Å². The van der Waals surface area contributed by atoms with Crippen molar-refractivity contribution in [3.63, 3.8) is 0 Å². The maximum Gasteiger partial charge on any atom is 0.331 e. The Kier molecular flexibility index (Phi) is 5.59. The van der Waals surface area contributed by atoms with E-state index in [1.807, 2.05) is 17.5 Å². The molecule has 0 aliphatic heterocycles. The smallest absolute Gasteiger partial charge is 0.331 e. The number of carbonyl (C=O) groups is 2. The number of anilines is 1. The summed E-state index contributed by atoms with van der Waals surface area (Å²) < 4.78 is 4.78. The number of nitro groups is 1. The van der Waals surface area contributed by atoms with Gasteiger partial charge in [0.1, 0.15) is 0 Å². The number of thiophene rings is 1. The fourth-order valence-electron chi connectivity index (χ4n) is 1.62. The standard InChI is InChI=1S/C15H12N2O5S/c18-14(16-11-3-1-4-12(9-11)17(20)21)10-22-15(19)7-6-13-5-2-8-23-13/h1-9H,10H2,(H,16,18)/b7-6+. The number of non-ortho nitro benzene ring substituents is 1. The van der Waals surface area contributed by atoms with Crippen LogP contribution in [0.2, 0.25) is 0 Å². The Morgan fingerprint density at radius 3 is 2.83 bits per heavy atom. The van der Waals surface area contributed by atoms with Crippen LogP contribution in [-0.4, -0.2) is 23.4 Å². The molecule has 0 aliphatic rings. The molecule has 1 N–H and O–H groups in total. The lowest BCUT2D eigenvalue weighted by Crippen LogP contribution is -2.20. The minimum Gasteiger partial charge on any atom is -0.452 e. The fraction of sp³-hybridized carbons (Fsp3) is 0.0667. The summed E-state index contributed by atoms with van der Waals surface area (Å²) in [7, 11) is 0. The first-order valence-electron chi connectivity index (χ1n) is 6.47. The fourth-order valence-corrected chi connectivity index (χ4v) is 2.23. The van der Waals surface area contributed by atoms with E-state index in [1.165, 1.54) is 41.7 Å². The maximum absolute atomic E-state index is 11.7. The van der Waals surface area contributed by atoms with E-state index in [0.717, 1.165) is 4.88 Å². The molecule has 1 amide bonds. The number of carbonyl (C=O) groups excluding carboxylic acids is 2. The Hall–Kier alpha value is -3.00. The molecule has 0 fully saturated rings. The lowest BCUT2D eigenvalue weighted by molar-refractivity contribution is -0.384. The van der Waals surface area contributed by atoms with Gasteiger partial charge in [0.05, 0.1) is 4.92 Å². The van der Waals surface area contributed by atoms with Crippen molar-refractivity contribution in [2.75, 3.05) is 11.9 Å². The zero-order chi connectivity index (χ0) is 16.7. The number of benzene rings is 1. The largest absolute Gasteiger partial charge is 0.452 e. The molecule has 1 aromatic carbocycles. The van der Waals surface area contributed by atoms with Crippen molar-refractivity contribution in [3.05, 3.63) is 62.8 Å². The normalized spacial score (nSPS) is 10.4. The highest BCUT2D eigenvalue weighted by molar-refractivity contribution is 7.10. The van der Waals surface area contributed by atoms with Crippen LogP contribution in [0.25, 0.3) is 6.08 Å². The van der Waals surface area contributed by atoms with Crippen molar-refractivity contribution in [1.29, 1.82) is 0 Å². The molecule has 0 aliphatic carbocycles. The molecule has 2 rings (SSSR count). The predicted octanol–water partition coefficient (Wildman–Crippen LogP) is 2.85. The molecule has 7 nitrogen and oxygen atoms in total. The van der Waals surface area contributed by atoms with Crippen molar-refractivity contribution in [3.8, 4) is 0 Å². The number of nitrogens with zero attached hydrogens (tertiary/aromatic N) is 1. The molecule has 1 aromatic heterocycles. The monoisotopic (exact) mass is 332 g/mol. The Balaban J connectivity index is 1.82. The van der Waals surface area contributed by atoms with Gasteiger partial charge in [-0.3, -0.25) is 14.9 Å². The van der Waals surface area contributed by atoms with E-state index < -0.39 is 23.4 Å². The lowest BCUT2D eigenvalue weighted by atomic mass is 10.3. The van der Waals surface area contributed by atoms with Crippen LogP contribution < -0.4 is 5.32 Å². The SMILES string of the molecule is O=C(COC(=O)/C=C/c1cccs1)Nc1cccc([N+](=O)[O-])c1. The van der Waals surface area contributed by atoms with E-state index in [2.05, 4.69) is 5.32 Å². The molecule has 0 unspecified atom stereocenters. The van der Waals surface area contributed by atoms with Crippen LogP contribution in [-0.2, 0) is 14.3 Å². The van der Waals surface area contributed by atoms with E-state index in [0.29, 0.717) is 0 Å². The first-order valence-corrected chi connectivity index (χ1v) is 7.35. The van der Waals surface area contributed by atoms with Crippen molar-refractivity contribution < 1.29 is 19.2 Å². The zero-order valence-corrected chi connectivity index (χ0v) is 12.6. The molecule has 2 aromatic rings. The third kappa shape index (κ3) is 5.36. The molecule has 0 spiro atoms. The van der Waals surface area contributed by atoms with Gasteiger partial charge in [-0.05, 0) is 23.6 Å². The van der Waals surface area contributed by atoms with Gasteiger partial charge in [-0.15, -0.1) is 11.3 Å². The quantitative estimate of drug-likeness (QED) is 0.379. The van der Waals surface area contributed by atoms with Gasteiger partial charge in [0.15, 0.2) is 6.61 Å². The molecule has 23 heavy (non-hydrogen) atoms. The number of hydrogen-bond acceptors (Lipinski definition) is 6. The molecular formula is C15H12N2O5S. The third-order valence-electron chi connectivity index (χ3n) is 2.61. The highest BCUT2D eigenvalue weighted by Crippen LogP contribution is 2.16. The summed E-state index contributed by atoms with van der Waals surface area (Å²) >= 11 is 1.47. The molecule has 0 atom stereocenters. The summed E-state index contributed by atoms with van der Waals surface area (Å²) in [6.45, 7) is -0.476. The molecule has 118 valence electrons. The summed E-state index contributed by atoms with van der Waals surface area (Å²) in [5, 5.41) is 14.9. The van der Waals surface area contributed by atoms with Gasteiger partial charge in [0.25, 0.3) is 11.6 Å². The number of rotatable bonds is 6. The Bertz CT molecular complexity index is 740. The second-order valence-corrected chi connectivity index (χ2v) is 5.29. The summed E-state index contributed by atoms with van der Waals surface area (Å²) in [6, 6.07) is 9.17. The van der Waals surface area contributed by atoms with Crippen LogP contribution in [0.4, 0.5) is 11.4 Å². The number of nitro benzene ring substituents is 1. The molecule has 8 heteroatoms. The number of ether oxygens (including phenoxy) is 1. The summed E-state index contributed by atoms with van der Waals surface area (Å²) in [4.78, 5) is 34.1. The van der Waals surface area contributed by atoms with Gasteiger partial charge < -0.3 is 10.1 Å². The van der Waals surface area contributed by atoms with Crippen LogP contribution in [0.3, 0.4) is 0 Å². The minimum atomic E-state index is -0.646. The number of amides is 1. The highest BCUT2D eigenvalue weighted by Gasteiger charge is 2.09. The number of esters is 1. The second kappa shape index (κ2) is 7.85. The second-order valence-electron chi connectivity index (χ2n) is 4.31. The van der Waals surface area contributed by atoms with E-state index >= 15 is 0 Å². The lowest BCUT2D eigenvalue weighted by Gasteiger charge is -2.05. The third-order valence-corrected chi connectivity index (χ3v) is 3.45. The van der Waals surface area contributed by atoms with Crippen LogP contribution >= 0.6 is 11.3 Å². The first kappa shape index (κ1) is 16.4. The number of nitrogens with one attached hydrogen (secondary N) is 1. The summed E-state index contributed by atoms with van der Waals surface area (Å²) in [5.74, 6) is -1.23. The van der Waals surface area contributed by atoms with E-state index in [-0.39, 0.29) is 11.4 Å². The first-order chi connectivity index (χ1) is 11.0. The van der Waals surface area contributed by atoms with Gasteiger partial charge in [0.2, 0.25) is 0 Å². The number of hydrogen-bond donors (Lipinski definition) is 1. The van der Waals surface area contributed by atoms with E-state index in [1.54, 1.807) is 6.08 Å². The topological polar surface area (TPSA) is 98.5 Å². The predicted molar refractivity (Wildman–Crippen MR) is 86.0 cm³/mol. The molecule has 0 bridgehead atoms. The Morgan fingerprint density at radius 1 is 1.30 bits per heavy atom. The Morgan fingerprint density at radius 2 is 2.13 bits per heavy atom. The van der Waals surface area contributed by atoms with Gasteiger partial charge >= 0.3 is 5.97 Å². The van der Waals surface area contributed by atoms with Gasteiger partial charge in [-0.1, -0.05) is 12.1 Å². The van der Waals surface area contributed by atoms with Crippen LogP contribution in [0.1, 0.15) is 4.88 Å². The van der Waals surface area contributed by atoms with Gasteiger partial charge in [0, 0.05) is 28.8 Å². The van der Waals surface area contributed by atoms with Crippen molar-refractivity contribution in [2.45, 2.75) is 0 Å². The van der Waals surface area contributed by atoms with E-state index in [9.17, 15) is 19.7 Å². The summed E-state index contributed by atoms with van der Waals surface area (Å²) in [6.07, 6.45) is 2.82. The molecule has 0 radical (unpaired) electrons. The minimum absolute atomic E-state index is 0.140. The van der Waals surface area contributed by atoms with Crippen molar-refractivity contribution in [1.82, 2.24) is 0 Å². The Labute approximate surface area is 135 Å². The molecule has 0 saturated heterocycles. The van der Waals surface area contributed by atoms with Crippen LogP contribution in [0.15, 0.2) is 47.9 Å². The van der Waals surface area contributed by atoms with Crippen molar-refractivity contribution >= 4 is 40.7 Å². The average molecular weight is 332 g/mol. The maximum atomic E-state index is 11.7. The van der Waals surface area contributed by atoms with Gasteiger partial charge in [-0.2, -0.15) is 0 Å². The van der Waals surface area contributed by atoms with Crippen LogP contribution in [0, 0.1) is 10.1 Å².